The lowest BCUT2D eigenvalue weighted by Gasteiger charge is -2.26. The van der Waals surface area contributed by atoms with Crippen molar-refractivity contribution in [3.8, 4) is 0 Å². The second-order valence-electron chi connectivity index (χ2n) is 4.49. The predicted octanol–water partition coefficient (Wildman–Crippen LogP) is 2.42. The van der Waals surface area contributed by atoms with Gasteiger partial charge in [-0.25, -0.2) is 0 Å². The third kappa shape index (κ3) is 1.03. The first-order valence-electron chi connectivity index (χ1n) is 4.83. The second kappa shape index (κ2) is 2.72. The smallest absolute Gasteiger partial charge is 0.123 e. The standard InChI is InChI=1S/C11H16O/c1-7(2)10-4-8-3-9(6-12)11(10)5-8/h6,8-11H,1,3-5H2,2H3. The van der Waals surface area contributed by atoms with Crippen LogP contribution in [0.25, 0.3) is 0 Å². The quantitative estimate of drug-likeness (QED) is 0.452. The number of hydrogen-bond donors (Lipinski definition) is 0. The Morgan fingerprint density at radius 2 is 2.17 bits per heavy atom. The molecule has 0 N–H and O–H groups in total. The summed E-state index contributed by atoms with van der Waals surface area (Å²) in [7, 11) is 0. The molecule has 66 valence electrons. The van der Waals surface area contributed by atoms with Crippen molar-refractivity contribution < 1.29 is 4.79 Å². The van der Waals surface area contributed by atoms with Gasteiger partial charge in [-0.15, -0.1) is 0 Å². The fourth-order valence-corrected chi connectivity index (χ4v) is 3.13. The molecule has 1 heteroatoms. The molecule has 1 nitrogen and oxygen atoms in total. The molecule has 0 radical (unpaired) electrons. The molecule has 0 saturated heterocycles. The first-order chi connectivity index (χ1) is 5.72. The summed E-state index contributed by atoms with van der Waals surface area (Å²) >= 11 is 0. The molecule has 0 aromatic rings. The van der Waals surface area contributed by atoms with Gasteiger partial charge in [0.1, 0.15) is 6.29 Å². The maximum absolute atomic E-state index is 10.7. The van der Waals surface area contributed by atoms with Crippen molar-refractivity contribution in [3.05, 3.63) is 12.2 Å². The third-order valence-electron chi connectivity index (χ3n) is 3.67. The normalized spacial score (nSPS) is 44.8. The van der Waals surface area contributed by atoms with Gasteiger partial charge in [0.25, 0.3) is 0 Å². The lowest BCUT2D eigenvalue weighted by Crippen LogP contribution is -2.21. The number of carbonyl (C=O) groups excluding carboxylic acids is 1. The molecule has 4 atom stereocenters. The van der Waals surface area contributed by atoms with E-state index in [-0.39, 0.29) is 0 Å². The highest BCUT2D eigenvalue weighted by molar-refractivity contribution is 5.55. The van der Waals surface area contributed by atoms with E-state index in [1.165, 1.54) is 24.7 Å². The lowest BCUT2D eigenvalue weighted by molar-refractivity contribution is -0.112. The number of hydrogen-bond acceptors (Lipinski definition) is 1. The van der Waals surface area contributed by atoms with Crippen molar-refractivity contribution in [3.63, 3.8) is 0 Å². The van der Waals surface area contributed by atoms with Crippen LogP contribution in [0.4, 0.5) is 0 Å². The van der Waals surface area contributed by atoms with Crippen LogP contribution in [0.1, 0.15) is 26.2 Å². The van der Waals surface area contributed by atoms with E-state index in [9.17, 15) is 4.79 Å². The summed E-state index contributed by atoms with van der Waals surface area (Å²) in [5.41, 5.74) is 1.29. The van der Waals surface area contributed by atoms with Crippen LogP contribution in [0, 0.1) is 23.7 Å². The largest absolute Gasteiger partial charge is 0.303 e. The molecule has 2 aliphatic rings. The van der Waals surface area contributed by atoms with Crippen molar-refractivity contribution in [2.24, 2.45) is 23.7 Å². The van der Waals surface area contributed by atoms with Gasteiger partial charge in [0.05, 0.1) is 0 Å². The van der Waals surface area contributed by atoms with E-state index in [0.29, 0.717) is 17.8 Å². The highest BCUT2D eigenvalue weighted by Gasteiger charge is 2.45. The lowest BCUT2D eigenvalue weighted by atomic mass is 9.78. The maximum Gasteiger partial charge on any atom is 0.123 e. The zero-order chi connectivity index (χ0) is 8.72. The zero-order valence-corrected chi connectivity index (χ0v) is 7.62. The number of carbonyl (C=O) groups is 1. The Balaban J connectivity index is 2.14. The summed E-state index contributed by atoms with van der Waals surface area (Å²) in [6.07, 6.45) is 4.89. The van der Waals surface area contributed by atoms with Crippen molar-refractivity contribution >= 4 is 6.29 Å². The summed E-state index contributed by atoms with van der Waals surface area (Å²) in [5, 5.41) is 0. The van der Waals surface area contributed by atoms with E-state index < -0.39 is 0 Å². The Morgan fingerprint density at radius 1 is 1.42 bits per heavy atom. The number of aldehydes is 1. The Kier molecular flexibility index (Phi) is 1.82. The molecule has 2 rings (SSSR count). The molecule has 0 aliphatic heterocycles. The Morgan fingerprint density at radius 3 is 2.67 bits per heavy atom. The zero-order valence-electron chi connectivity index (χ0n) is 7.62. The van der Waals surface area contributed by atoms with Crippen molar-refractivity contribution in [2.75, 3.05) is 0 Å². The van der Waals surface area contributed by atoms with Crippen molar-refractivity contribution in [2.45, 2.75) is 26.2 Å². The maximum atomic E-state index is 10.7. The summed E-state index contributed by atoms with van der Waals surface area (Å²) in [4.78, 5) is 10.7. The molecule has 2 aliphatic carbocycles. The molecule has 2 bridgehead atoms. The molecular weight excluding hydrogens is 148 g/mol. The van der Waals surface area contributed by atoms with Crippen LogP contribution in [-0.2, 0) is 4.79 Å². The SMILES string of the molecule is C=C(C)C1CC2CC(C=O)C1C2. The van der Waals surface area contributed by atoms with E-state index >= 15 is 0 Å². The molecule has 0 spiro atoms. The minimum Gasteiger partial charge on any atom is -0.303 e. The average molecular weight is 164 g/mol. The van der Waals surface area contributed by atoms with E-state index in [0.717, 1.165) is 12.3 Å². The molecule has 0 heterocycles. The molecular formula is C11H16O. The van der Waals surface area contributed by atoms with Crippen LogP contribution in [-0.4, -0.2) is 6.29 Å². The molecule has 0 amide bonds. The van der Waals surface area contributed by atoms with E-state index in [1.807, 2.05) is 0 Å². The first kappa shape index (κ1) is 8.03. The number of fused-ring (bicyclic) bond motifs is 2. The van der Waals surface area contributed by atoms with Gasteiger partial charge in [-0.3, -0.25) is 0 Å². The highest BCUT2D eigenvalue weighted by Crippen LogP contribution is 2.53. The van der Waals surface area contributed by atoms with Gasteiger partial charge < -0.3 is 4.79 Å². The summed E-state index contributed by atoms with van der Waals surface area (Å²) in [6, 6.07) is 0. The van der Waals surface area contributed by atoms with Gasteiger partial charge in [0, 0.05) is 5.92 Å². The Hall–Kier alpha value is -0.590. The molecule has 4 unspecified atom stereocenters. The van der Waals surface area contributed by atoms with Gasteiger partial charge in [-0.2, -0.15) is 0 Å². The monoisotopic (exact) mass is 164 g/mol. The minimum atomic E-state index is 0.352. The van der Waals surface area contributed by atoms with Crippen LogP contribution in [0.5, 0.6) is 0 Å². The number of rotatable bonds is 2. The van der Waals surface area contributed by atoms with Crippen molar-refractivity contribution in [1.29, 1.82) is 0 Å². The van der Waals surface area contributed by atoms with Gasteiger partial charge in [-0.1, -0.05) is 12.2 Å². The van der Waals surface area contributed by atoms with Crippen LogP contribution < -0.4 is 0 Å². The van der Waals surface area contributed by atoms with Crippen LogP contribution >= 0.6 is 0 Å². The van der Waals surface area contributed by atoms with Crippen LogP contribution in [0.15, 0.2) is 12.2 Å². The topological polar surface area (TPSA) is 17.1 Å². The fraction of sp³-hybridized carbons (Fsp3) is 0.727. The molecule has 2 fully saturated rings. The van der Waals surface area contributed by atoms with E-state index in [1.54, 1.807) is 0 Å². The average Bonchev–Trinajstić information content (AvgIpc) is 2.60. The fourth-order valence-electron chi connectivity index (χ4n) is 3.13. The summed E-state index contributed by atoms with van der Waals surface area (Å²) in [6.45, 7) is 6.11. The van der Waals surface area contributed by atoms with Gasteiger partial charge in [0.15, 0.2) is 0 Å². The van der Waals surface area contributed by atoms with E-state index in [4.69, 9.17) is 0 Å². The van der Waals surface area contributed by atoms with Gasteiger partial charge in [-0.05, 0) is 43.9 Å². The highest BCUT2D eigenvalue weighted by atomic mass is 16.1. The molecule has 0 aromatic carbocycles. The molecule has 12 heavy (non-hydrogen) atoms. The molecule has 2 saturated carbocycles. The third-order valence-corrected chi connectivity index (χ3v) is 3.67. The van der Waals surface area contributed by atoms with Crippen LogP contribution in [0.2, 0.25) is 0 Å². The van der Waals surface area contributed by atoms with Gasteiger partial charge in [0.2, 0.25) is 0 Å². The van der Waals surface area contributed by atoms with Gasteiger partial charge >= 0.3 is 0 Å². The van der Waals surface area contributed by atoms with Crippen molar-refractivity contribution in [1.82, 2.24) is 0 Å². The summed E-state index contributed by atoms with van der Waals surface area (Å²) in [5.74, 6) is 2.47. The second-order valence-corrected chi connectivity index (χ2v) is 4.49. The van der Waals surface area contributed by atoms with Crippen LogP contribution in [0.3, 0.4) is 0 Å². The summed E-state index contributed by atoms with van der Waals surface area (Å²) < 4.78 is 0. The minimum absolute atomic E-state index is 0.352. The number of allylic oxidation sites excluding steroid dienone is 1. The van der Waals surface area contributed by atoms with E-state index in [2.05, 4.69) is 13.5 Å². The Bertz CT molecular complexity index is 219. The predicted molar refractivity (Wildman–Crippen MR) is 48.7 cm³/mol. The molecule has 0 aromatic heterocycles. The Labute approximate surface area is 73.8 Å². The first-order valence-corrected chi connectivity index (χ1v) is 4.83.